The van der Waals surface area contributed by atoms with Gasteiger partial charge in [-0.05, 0) is 30.5 Å². The van der Waals surface area contributed by atoms with Gasteiger partial charge in [0.15, 0.2) is 0 Å². The fraction of sp³-hybridized carbons (Fsp3) is 0.308. The first-order chi connectivity index (χ1) is 7.72. The largest absolute Gasteiger partial charge is 0.345 e. The number of nitrogens with zero attached hydrogens (tertiary/aromatic N) is 1. The van der Waals surface area contributed by atoms with Crippen LogP contribution < -0.4 is 0 Å². The molecule has 3 heteroatoms. The first-order valence-electron chi connectivity index (χ1n) is 5.51. The standard InChI is InChI=1S/C13H15BrN2/c1-3-4-10-7-9(2)8-11(14)12(10)13-15-5-6-16-13/h5-8H,3-4H2,1-2H3,(H,15,16). The molecule has 0 atom stereocenters. The Balaban J connectivity index is 2.58. The van der Waals surface area contributed by atoms with Crippen LogP contribution in [0.15, 0.2) is 29.0 Å². The Hall–Kier alpha value is -1.09. The molecule has 2 rings (SSSR count). The fourth-order valence-electron chi connectivity index (χ4n) is 1.95. The predicted octanol–water partition coefficient (Wildman–Crippen LogP) is 4.10. The molecule has 1 N–H and O–H groups in total. The van der Waals surface area contributed by atoms with Gasteiger partial charge in [0.25, 0.3) is 0 Å². The van der Waals surface area contributed by atoms with Gasteiger partial charge in [0.05, 0.1) is 0 Å². The summed E-state index contributed by atoms with van der Waals surface area (Å²) in [6.45, 7) is 4.32. The monoisotopic (exact) mass is 278 g/mol. The number of hydrogen-bond donors (Lipinski definition) is 1. The Morgan fingerprint density at radius 1 is 1.38 bits per heavy atom. The van der Waals surface area contributed by atoms with E-state index in [0.29, 0.717) is 0 Å². The fourth-order valence-corrected chi connectivity index (χ4v) is 2.75. The van der Waals surface area contributed by atoms with E-state index in [-0.39, 0.29) is 0 Å². The van der Waals surface area contributed by atoms with Gasteiger partial charge in [0, 0.05) is 22.4 Å². The first-order valence-corrected chi connectivity index (χ1v) is 6.30. The lowest BCUT2D eigenvalue weighted by Crippen LogP contribution is -1.94. The van der Waals surface area contributed by atoms with Crippen LogP contribution in [0.2, 0.25) is 0 Å². The molecule has 0 unspecified atom stereocenters. The van der Waals surface area contributed by atoms with Crippen molar-refractivity contribution in [2.24, 2.45) is 0 Å². The van der Waals surface area contributed by atoms with Crippen molar-refractivity contribution in [3.63, 3.8) is 0 Å². The Morgan fingerprint density at radius 2 is 2.19 bits per heavy atom. The maximum Gasteiger partial charge on any atom is 0.138 e. The maximum absolute atomic E-state index is 4.33. The summed E-state index contributed by atoms with van der Waals surface area (Å²) >= 11 is 3.63. The van der Waals surface area contributed by atoms with Crippen molar-refractivity contribution >= 4 is 15.9 Å². The van der Waals surface area contributed by atoms with Gasteiger partial charge in [-0.2, -0.15) is 0 Å². The van der Waals surface area contributed by atoms with Crippen molar-refractivity contribution in [2.75, 3.05) is 0 Å². The highest BCUT2D eigenvalue weighted by Crippen LogP contribution is 2.31. The average molecular weight is 279 g/mol. The van der Waals surface area contributed by atoms with E-state index in [0.717, 1.165) is 23.1 Å². The first kappa shape index (κ1) is 11.4. The Kier molecular flexibility index (Phi) is 3.44. The normalized spacial score (nSPS) is 10.7. The summed E-state index contributed by atoms with van der Waals surface area (Å²) in [4.78, 5) is 7.51. The zero-order valence-electron chi connectivity index (χ0n) is 9.55. The van der Waals surface area contributed by atoms with Gasteiger partial charge >= 0.3 is 0 Å². The van der Waals surface area contributed by atoms with E-state index in [2.05, 4.69) is 51.9 Å². The van der Waals surface area contributed by atoms with Crippen LogP contribution in [0.1, 0.15) is 24.5 Å². The van der Waals surface area contributed by atoms with Gasteiger partial charge in [-0.25, -0.2) is 4.98 Å². The maximum atomic E-state index is 4.33. The highest BCUT2D eigenvalue weighted by Gasteiger charge is 2.11. The van der Waals surface area contributed by atoms with Crippen LogP contribution in [-0.4, -0.2) is 9.97 Å². The van der Waals surface area contributed by atoms with E-state index in [1.807, 2.05) is 6.20 Å². The topological polar surface area (TPSA) is 28.7 Å². The average Bonchev–Trinajstić information content (AvgIpc) is 2.70. The lowest BCUT2D eigenvalue weighted by molar-refractivity contribution is 0.919. The van der Waals surface area contributed by atoms with E-state index in [1.165, 1.54) is 16.7 Å². The molecule has 0 aliphatic carbocycles. The number of aryl methyl sites for hydroxylation is 2. The molecule has 1 heterocycles. The summed E-state index contributed by atoms with van der Waals surface area (Å²) in [5, 5.41) is 0. The van der Waals surface area contributed by atoms with Crippen LogP contribution >= 0.6 is 15.9 Å². The number of rotatable bonds is 3. The van der Waals surface area contributed by atoms with Crippen LogP contribution in [0.5, 0.6) is 0 Å². The van der Waals surface area contributed by atoms with E-state index in [1.54, 1.807) is 6.20 Å². The molecule has 0 bridgehead atoms. The molecule has 2 nitrogen and oxygen atoms in total. The molecule has 0 saturated heterocycles. The van der Waals surface area contributed by atoms with Crippen molar-refractivity contribution in [1.82, 2.24) is 9.97 Å². The van der Waals surface area contributed by atoms with Crippen molar-refractivity contribution < 1.29 is 0 Å². The lowest BCUT2D eigenvalue weighted by atomic mass is 10.00. The van der Waals surface area contributed by atoms with E-state index >= 15 is 0 Å². The second kappa shape index (κ2) is 4.83. The molecule has 0 saturated carbocycles. The highest BCUT2D eigenvalue weighted by atomic mass is 79.9. The number of aromatic nitrogens is 2. The van der Waals surface area contributed by atoms with E-state index < -0.39 is 0 Å². The third-order valence-electron chi connectivity index (χ3n) is 2.57. The van der Waals surface area contributed by atoms with Crippen molar-refractivity contribution in [3.8, 4) is 11.4 Å². The molecule has 0 aliphatic heterocycles. The Bertz CT molecular complexity index is 475. The van der Waals surface area contributed by atoms with Crippen LogP contribution in [-0.2, 0) is 6.42 Å². The molecule has 0 spiro atoms. The third kappa shape index (κ3) is 2.19. The van der Waals surface area contributed by atoms with Crippen molar-refractivity contribution in [1.29, 1.82) is 0 Å². The molecular weight excluding hydrogens is 264 g/mol. The van der Waals surface area contributed by atoms with Gasteiger partial charge in [0.2, 0.25) is 0 Å². The zero-order valence-corrected chi connectivity index (χ0v) is 11.1. The minimum Gasteiger partial charge on any atom is -0.345 e. The van der Waals surface area contributed by atoms with Crippen LogP contribution in [0.25, 0.3) is 11.4 Å². The molecule has 0 aliphatic rings. The molecule has 2 aromatic rings. The number of benzene rings is 1. The number of nitrogens with one attached hydrogen (secondary N) is 1. The minimum absolute atomic E-state index is 0.940. The summed E-state index contributed by atoms with van der Waals surface area (Å²) in [5.74, 6) is 0.940. The van der Waals surface area contributed by atoms with E-state index in [9.17, 15) is 0 Å². The Labute approximate surface area is 104 Å². The predicted molar refractivity (Wildman–Crippen MR) is 70.5 cm³/mol. The zero-order chi connectivity index (χ0) is 11.5. The Morgan fingerprint density at radius 3 is 2.81 bits per heavy atom. The molecule has 16 heavy (non-hydrogen) atoms. The highest BCUT2D eigenvalue weighted by molar-refractivity contribution is 9.10. The lowest BCUT2D eigenvalue weighted by Gasteiger charge is -2.10. The number of hydrogen-bond acceptors (Lipinski definition) is 1. The summed E-state index contributed by atoms with van der Waals surface area (Å²) in [5.41, 5.74) is 3.83. The quantitative estimate of drug-likeness (QED) is 0.900. The minimum atomic E-state index is 0.940. The molecule has 0 radical (unpaired) electrons. The molecule has 0 amide bonds. The van der Waals surface area contributed by atoms with Crippen LogP contribution in [0, 0.1) is 6.92 Å². The molecule has 1 aromatic heterocycles. The molecule has 0 fully saturated rings. The van der Waals surface area contributed by atoms with Gasteiger partial charge in [-0.1, -0.05) is 35.3 Å². The van der Waals surface area contributed by atoms with Crippen LogP contribution in [0.3, 0.4) is 0 Å². The van der Waals surface area contributed by atoms with E-state index in [4.69, 9.17) is 0 Å². The van der Waals surface area contributed by atoms with Crippen molar-refractivity contribution in [3.05, 3.63) is 40.1 Å². The summed E-state index contributed by atoms with van der Waals surface area (Å²) in [6, 6.07) is 4.38. The summed E-state index contributed by atoms with van der Waals surface area (Å²) < 4.78 is 1.12. The molecule has 84 valence electrons. The second-order valence-electron chi connectivity index (χ2n) is 3.97. The molecule has 1 aromatic carbocycles. The second-order valence-corrected chi connectivity index (χ2v) is 4.82. The number of H-pyrrole nitrogens is 1. The van der Waals surface area contributed by atoms with Crippen molar-refractivity contribution in [2.45, 2.75) is 26.7 Å². The number of imidazole rings is 1. The van der Waals surface area contributed by atoms with Crippen LogP contribution in [0.4, 0.5) is 0 Å². The summed E-state index contributed by atoms with van der Waals surface area (Å²) in [6.07, 6.45) is 5.87. The number of aromatic amines is 1. The van der Waals surface area contributed by atoms with Gasteiger partial charge in [-0.15, -0.1) is 0 Å². The summed E-state index contributed by atoms with van der Waals surface area (Å²) in [7, 11) is 0. The van der Waals surface area contributed by atoms with Gasteiger partial charge in [-0.3, -0.25) is 0 Å². The molecular formula is C13H15BrN2. The number of halogens is 1. The third-order valence-corrected chi connectivity index (χ3v) is 3.20. The smallest absolute Gasteiger partial charge is 0.138 e. The van der Waals surface area contributed by atoms with Gasteiger partial charge in [0.1, 0.15) is 5.82 Å². The SMILES string of the molecule is CCCc1cc(C)cc(Br)c1-c1ncc[nH]1. The van der Waals surface area contributed by atoms with Gasteiger partial charge < -0.3 is 4.98 Å².